The van der Waals surface area contributed by atoms with Crippen molar-refractivity contribution in [3.8, 4) is 0 Å². The van der Waals surface area contributed by atoms with Gasteiger partial charge in [-0.05, 0) is 25.3 Å². The first-order chi connectivity index (χ1) is 12.8. The van der Waals surface area contributed by atoms with Crippen LogP contribution in [0.2, 0.25) is 0 Å². The van der Waals surface area contributed by atoms with Gasteiger partial charge in [-0.15, -0.1) is 11.3 Å². The Morgan fingerprint density at radius 2 is 2.07 bits per heavy atom. The Kier molecular flexibility index (Phi) is 5.72. The number of anilines is 1. The Morgan fingerprint density at radius 1 is 1.37 bits per heavy atom. The van der Waals surface area contributed by atoms with E-state index in [1.54, 1.807) is 0 Å². The van der Waals surface area contributed by atoms with Crippen LogP contribution in [0.1, 0.15) is 25.5 Å². The minimum atomic E-state index is -3.99. The van der Waals surface area contributed by atoms with Crippen LogP contribution in [0.15, 0.2) is 28.5 Å². The third kappa shape index (κ3) is 4.42. The van der Waals surface area contributed by atoms with Gasteiger partial charge in [-0.3, -0.25) is 10.1 Å². The van der Waals surface area contributed by atoms with Gasteiger partial charge in [0.2, 0.25) is 10.0 Å². The number of aromatic nitrogens is 1. The summed E-state index contributed by atoms with van der Waals surface area (Å²) >= 11 is 1.52. The van der Waals surface area contributed by atoms with Crippen LogP contribution >= 0.6 is 11.3 Å². The van der Waals surface area contributed by atoms with Crippen LogP contribution in [0.25, 0.3) is 0 Å². The second-order valence-corrected chi connectivity index (χ2v) is 9.02. The molecule has 1 saturated heterocycles. The SMILES string of the molecule is CCc1csc(NC2CCN(S(=O)(=O)c3cc(F)cc([N+](=O)[O-])c3)CC2)n1. The van der Waals surface area contributed by atoms with Crippen molar-refractivity contribution in [2.45, 2.75) is 37.1 Å². The van der Waals surface area contributed by atoms with Crippen LogP contribution in [0.5, 0.6) is 0 Å². The Balaban J connectivity index is 1.68. The summed E-state index contributed by atoms with van der Waals surface area (Å²) < 4.78 is 40.3. The molecule has 0 spiro atoms. The van der Waals surface area contributed by atoms with Gasteiger partial charge in [0, 0.05) is 30.6 Å². The van der Waals surface area contributed by atoms with E-state index in [1.165, 1.54) is 15.6 Å². The van der Waals surface area contributed by atoms with Crippen LogP contribution in [0.4, 0.5) is 15.2 Å². The molecule has 146 valence electrons. The summed E-state index contributed by atoms with van der Waals surface area (Å²) in [5, 5.41) is 17.0. The molecule has 2 heterocycles. The van der Waals surface area contributed by atoms with Gasteiger partial charge in [0.1, 0.15) is 5.82 Å². The van der Waals surface area contributed by atoms with Crippen molar-refractivity contribution in [2.24, 2.45) is 0 Å². The molecule has 2 aromatic rings. The number of piperidine rings is 1. The average Bonchev–Trinajstić information content (AvgIpc) is 3.09. The van der Waals surface area contributed by atoms with E-state index < -0.39 is 31.3 Å². The number of nitro groups is 1. The number of nitro benzene ring substituents is 1. The number of sulfonamides is 1. The topological polar surface area (TPSA) is 105 Å². The second kappa shape index (κ2) is 7.87. The lowest BCUT2D eigenvalue weighted by molar-refractivity contribution is -0.385. The number of benzene rings is 1. The van der Waals surface area contributed by atoms with E-state index in [4.69, 9.17) is 0 Å². The van der Waals surface area contributed by atoms with Gasteiger partial charge in [-0.25, -0.2) is 17.8 Å². The molecule has 1 aliphatic rings. The maximum absolute atomic E-state index is 13.6. The highest BCUT2D eigenvalue weighted by Crippen LogP contribution is 2.27. The molecule has 1 aromatic heterocycles. The van der Waals surface area contributed by atoms with Crippen molar-refractivity contribution < 1.29 is 17.7 Å². The molecule has 0 bridgehead atoms. The van der Waals surface area contributed by atoms with Gasteiger partial charge in [0.15, 0.2) is 5.13 Å². The predicted octanol–water partition coefficient (Wildman–Crippen LogP) is 3.02. The van der Waals surface area contributed by atoms with Crippen LogP contribution in [0.3, 0.4) is 0 Å². The van der Waals surface area contributed by atoms with Crippen molar-refractivity contribution in [3.63, 3.8) is 0 Å². The molecule has 0 unspecified atom stereocenters. The minimum Gasteiger partial charge on any atom is -0.359 e. The van der Waals surface area contributed by atoms with Crippen LogP contribution in [0, 0.1) is 15.9 Å². The van der Waals surface area contributed by atoms with E-state index in [2.05, 4.69) is 10.3 Å². The fourth-order valence-electron chi connectivity index (χ4n) is 2.90. The lowest BCUT2D eigenvalue weighted by Crippen LogP contribution is -2.42. The zero-order valence-corrected chi connectivity index (χ0v) is 16.2. The Morgan fingerprint density at radius 3 is 2.67 bits per heavy atom. The fraction of sp³-hybridized carbons (Fsp3) is 0.438. The average molecular weight is 414 g/mol. The van der Waals surface area contributed by atoms with Gasteiger partial charge in [0.25, 0.3) is 5.69 Å². The first kappa shape index (κ1) is 19.6. The lowest BCUT2D eigenvalue weighted by atomic mass is 10.1. The molecule has 1 fully saturated rings. The Hall–Kier alpha value is -2.11. The van der Waals surface area contributed by atoms with E-state index in [1.807, 2.05) is 12.3 Å². The molecule has 0 aliphatic carbocycles. The van der Waals surface area contributed by atoms with Crippen LogP contribution < -0.4 is 5.32 Å². The first-order valence-electron chi connectivity index (χ1n) is 8.45. The molecule has 0 radical (unpaired) electrons. The van der Waals surface area contributed by atoms with Gasteiger partial charge >= 0.3 is 0 Å². The van der Waals surface area contributed by atoms with E-state index in [0.717, 1.165) is 29.4 Å². The number of hydrogen-bond acceptors (Lipinski definition) is 7. The molecular weight excluding hydrogens is 395 g/mol. The van der Waals surface area contributed by atoms with E-state index in [-0.39, 0.29) is 19.1 Å². The summed E-state index contributed by atoms with van der Waals surface area (Å²) in [4.78, 5) is 14.1. The number of hydrogen-bond donors (Lipinski definition) is 1. The Labute approximate surface area is 160 Å². The largest absolute Gasteiger partial charge is 0.359 e. The van der Waals surface area contributed by atoms with Crippen molar-refractivity contribution >= 4 is 32.2 Å². The van der Waals surface area contributed by atoms with E-state index in [0.29, 0.717) is 18.9 Å². The molecule has 27 heavy (non-hydrogen) atoms. The number of non-ortho nitro benzene ring substituents is 1. The molecule has 0 saturated carbocycles. The highest BCUT2D eigenvalue weighted by molar-refractivity contribution is 7.89. The molecule has 1 aliphatic heterocycles. The summed E-state index contributed by atoms with van der Waals surface area (Å²) in [5.41, 5.74) is 0.427. The summed E-state index contributed by atoms with van der Waals surface area (Å²) in [6.45, 7) is 2.52. The van der Waals surface area contributed by atoms with Crippen molar-refractivity contribution in [1.29, 1.82) is 0 Å². The standard InChI is InChI=1S/C16H19FN4O4S2/c1-2-12-10-26-16(18-12)19-13-3-5-20(6-4-13)27(24,25)15-8-11(17)7-14(9-15)21(22)23/h7-10,13H,2-6H2,1H3,(H,18,19). The lowest BCUT2D eigenvalue weighted by Gasteiger charge is -2.31. The molecule has 1 aromatic carbocycles. The summed E-state index contributed by atoms with van der Waals surface area (Å²) in [7, 11) is -3.99. The van der Waals surface area contributed by atoms with Crippen molar-refractivity contribution in [2.75, 3.05) is 18.4 Å². The summed E-state index contributed by atoms with van der Waals surface area (Å²) in [5.74, 6) is -0.949. The zero-order valence-electron chi connectivity index (χ0n) is 14.6. The number of rotatable bonds is 6. The number of thiazole rings is 1. The normalized spacial score (nSPS) is 16.4. The number of halogens is 1. The number of nitrogens with zero attached hydrogens (tertiary/aromatic N) is 3. The van der Waals surface area contributed by atoms with E-state index >= 15 is 0 Å². The predicted molar refractivity (Wildman–Crippen MR) is 99.9 cm³/mol. The van der Waals surface area contributed by atoms with Gasteiger partial charge in [-0.2, -0.15) is 4.31 Å². The smallest absolute Gasteiger partial charge is 0.273 e. The maximum Gasteiger partial charge on any atom is 0.273 e. The monoisotopic (exact) mass is 414 g/mol. The molecule has 11 heteroatoms. The molecule has 0 atom stereocenters. The zero-order chi connectivity index (χ0) is 19.6. The molecule has 1 N–H and O–H groups in total. The van der Waals surface area contributed by atoms with Crippen LogP contribution in [-0.4, -0.2) is 41.8 Å². The first-order valence-corrected chi connectivity index (χ1v) is 10.8. The van der Waals surface area contributed by atoms with Crippen molar-refractivity contribution in [3.05, 3.63) is 45.2 Å². The van der Waals surface area contributed by atoms with Gasteiger partial charge in [0.05, 0.1) is 21.6 Å². The minimum absolute atomic E-state index is 0.0918. The highest BCUT2D eigenvalue weighted by Gasteiger charge is 2.31. The third-order valence-electron chi connectivity index (χ3n) is 4.40. The molecule has 0 amide bonds. The third-order valence-corrected chi connectivity index (χ3v) is 7.10. The van der Waals surface area contributed by atoms with Gasteiger partial charge in [-0.1, -0.05) is 6.92 Å². The molecule has 3 rings (SSSR count). The summed E-state index contributed by atoms with van der Waals surface area (Å²) in [6, 6.07) is 2.50. The fourth-order valence-corrected chi connectivity index (χ4v) is 5.29. The number of aryl methyl sites for hydroxylation is 1. The molecule has 8 nitrogen and oxygen atoms in total. The van der Waals surface area contributed by atoms with Crippen molar-refractivity contribution in [1.82, 2.24) is 9.29 Å². The van der Waals surface area contributed by atoms with E-state index in [9.17, 15) is 22.9 Å². The number of nitrogens with one attached hydrogen (secondary N) is 1. The maximum atomic E-state index is 13.6. The van der Waals surface area contributed by atoms with Gasteiger partial charge < -0.3 is 5.32 Å². The molecular formula is C16H19FN4O4S2. The second-order valence-electron chi connectivity index (χ2n) is 6.22. The Bertz CT molecular complexity index is 940. The highest BCUT2D eigenvalue weighted by atomic mass is 32.2. The summed E-state index contributed by atoms with van der Waals surface area (Å²) in [6.07, 6.45) is 1.99. The van der Waals surface area contributed by atoms with Crippen LogP contribution in [-0.2, 0) is 16.4 Å². The quantitative estimate of drug-likeness (QED) is 0.575.